The van der Waals surface area contributed by atoms with Crippen LogP contribution in [-0.2, 0) is 5.41 Å². The number of nitrogens with zero attached hydrogens (tertiary/aromatic N) is 5. The van der Waals surface area contributed by atoms with Gasteiger partial charge in [-0.25, -0.2) is 15.0 Å². The van der Waals surface area contributed by atoms with E-state index in [9.17, 15) is 0 Å². The summed E-state index contributed by atoms with van der Waals surface area (Å²) >= 11 is 0. The zero-order valence-electron chi connectivity index (χ0n) is 27.2. The Labute approximate surface area is 274 Å². The Hall–Kier alpha value is -5.75. The lowest BCUT2D eigenvalue weighted by Gasteiger charge is -2.22. The Kier molecular flexibility index (Phi) is 6.69. The van der Waals surface area contributed by atoms with E-state index in [2.05, 4.69) is 110 Å². The highest BCUT2D eigenvalue weighted by atomic mass is 16.5. The Bertz CT molecular complexity index is 2440. The van der Waals surface area contributed by atoms with Crippen LogP contribution in [0.4, 0.5) is 0 Å². The van der Waals surface area contributed by atoms with Crippen LogP contribution in [0.1, 0.15) is 37.5 Å². The van der Waals surface area contributed by atoms with Crippen molar-refractivity contribution < 1.29 is 4.74 Å². The van der Waals surface area contributed by atoms with E-state index in [1.807, 2.05) is 53.2 Å². The maximum absolute atomic E-state index is 6.48. The van der Waals surface area contributed by atoms with Gasteiger partial charge < -0.3 is 4.74 Å². The average molecular weight is 614 g/mol. The molecule has 0 N–H and O–H groups in total. The number of benzene rings is 4. The van der Waals surface area contributed by atoms with E-state index in [0.717, 1.165) is 50.4 Å². The quantitative estimate of drug-likeness (QED) is 0.194. The van der Waals surface area contributed by atoms with Crippen LogP contribution in [0.15, 0.2) is 122 Å². The van der Waals surface area contributed by atoms with Gasteiger partial charge in [-0.3, -0.25) is 9.13 Å². The van der Waals surface area contributed by atoms with Crippen LogP contribution in [-0.4, -0.2) is 24.1 Å². The molecule has 0 saturated heterocycles. The molecule has 230 valence electrons. The molecule has 47 heavy (non-hydrogen) atoms. The molecular formula is C41H35N5O. The minimum atomic E-state index is 0.0892. The first kappa shape index (κ1) is 28.7. The molecule has 4 aromatic heterocycles. The van der Waals surface area contributed by atoms with Crippen LogP contribution >= 0.6 is 0 Å². The Morgan fingerprint density at radius 3 is 2.09 bits per heavy atom. The molecule has 8 rings (SSSR count). The van der Waals surface area contributed by atoms with Gasteiger partial charge in [0.15, 0.2) is 0 Å². The van der Waals surface area contributed by atoms with Gasteiger partial charge in [0.25, 0.3) is 0 Å². The van der Waals surface area contributed by atoms with Crippen molar-refractivity contribution in [2.24, 2.45) is 0 Å². The fraction of sp³-hybridized carbons (Fsp3) is 0.146. The first-order valence-corrected chi connectivity index (χ1v) is 15.9. The standard InChI is InChI=1S/C41H35N5O/c1-26-20-29(41(3,4)5)21-27(2)40(26)28-16-18-43-39(22-28)46-35-12-8-6-10-32(35)33-15-14-30(23-37(33)46)47-31-17-19-42-38(24-31)45-25-44-34-11-7-9-13-36(34)45/h6-25H,1-5H3. The highest BCUT2D eigenvalue weighted by Gasteiger charge is 2.19. The molecule has 0 saturated carbocycles. The summed E-state index contributed by atoms with van der Waals surface area (Å²) in [4.78, 5) is 14.0. The Morgan fingerprint density at radius 2 is 1.28 bits per heavy atom. The van der Waals surface area contributed by atoms with E-state index in [4.69, 9.17) is 9.72 Å². The summed E-state index contributed by atoms with van der Waals surface area (Å²) in [6, 6.07) is 35.6. The van der Waals surface area contributed by atoms with Gasteiger partial charge in [-0.2, -0.15) is 0 Å². The molecule has 6 heteroatoms. The smallest absolute Gasteiger partial charge is 0.142 e. The first-order valence-electron chi connectivity index (χ1n) is 15.9. The lowest BCUT2D eigenvalue weighted by Crippen LogP contribution is -2.12. The molecule has 4 aromatic carbocycles. The van der Waals surface area contributed by atoms with Crippen LogP contribution < -0.4 is 4.74 Å². The molecule has 0 radical (unpaired) electrons. The van der Waals surface area contributed by atoms with Gasteiger partial charge in [0.1, 0.15) is 29.5 Å². The van der Waals surface area contributed by atoms with Crippen molar-refractivity contribution in [2.75, 3.05) is 0 Å². The molecule has 4 heterocycles. The number of fused-ring (bicyclic) bond motifs is 4. The second-order valence-corrected chi connectivity index (χ2v) is 13.2. The maximum Gasteiger partial charge on any atom is 0.142 e. The predicted molar refractivity (Wildman–Crippen MR) is 191 cm³/mol. The summed E-state index contributed by atoms with van der Waals surface area (Å²) in [7, 11) is 0. The number of hydrogen-bond donors (Lipinski definition) is 0. The van der Waals surface area contributed by atoms with Crippen molar-refractivity contribution in [3.63, 3.8) is 0 Å². The molecule has 0 aliphatic heterocycles. The number of hydrogen-bond acceptors (Lipinski definition) is 4. The van der Waals surface area contributed by atoms with Crippen molar-refractivity contribution in [3.8, 4) is 34.3 Å². The van der Waals surface area contributed by atoms with Crippen molar-refractivity contribution in [1.29, 1.82) is 0 Å². The second-order valence-electron chi connectivity index (χ2n) is 13.2. The van der Waals surface area contributed by atoms with Gasteiger partial charge >= 0.3 is 0 Å². The van der Waals surface area contributed by atoms with Crippen LogP contribution in [0.3, 0.4) is 0 Å². The Morgan fingerprint density at radius 1 is 0.596 bits per heavy atom. The minimum Gasteiger partial charge on any atom is -0.457 e. The van der Waals surface area contributed by atoms with Gasteiger partial charge in [-0.05, 0) is 95.6 Å². The van der Waals surface area contributed by atoms with Gasteiger partial charge in [0.2, 0.25) is 0 Å². The number of aromatic nitrogens is 5. The molecule has 0 fully saturated rings. The summed E-state index contributed by atoms with van der Waals surface area (Å²) in [6.45, 7) is 11.2. The summed E-state index contributed by atoms with van der Waals surface area (Å²) in [5.41, 5.74) is 10.4. The monoisotopic (exact) mass is 613 g/mol. The number of ether oxygens (including phenoxy) is 1. The van der Waals surface area contributed by atoms with Gasteiger partial charge in [-0.15, -0.1) is 0 Å². The first-order chi connectivity index (χ1) is 22.7. The topological polar surface area (TPSA) is 57.8 Å². The number of imidazole rings is 1. The third-order valence-electron chi connectivity index (χ3n) is 8.96. The van der Waals surface area contributed by atoms with Crippen molar-refractivity contribution in [1.82, 2.24) is 24.1 Å². The van der Waals surface area contributed by atoms with Crippen LogP contribution in [0.5, 0.6) is 11.5 Å². The lowest BCUT2D eigenvalue weighted by molar-refractivity contribution is 0.482. The summed E-state index contributed by atoms with van der Waals surface area (Å²) in [5.74, 6) is 3.03. The van der Waals surface area contributed by atoms with Crippen molar-refractivity contribution >= 4 is 32.8 Å². The zero-order chi connectivity index (χ0) is 32.3. The van der Waals surface area contributed by atoms with Gasteiger partial charge in [0, 0.05) is 35.3 Å². The van der Waals surface area contributed by atoms with Crippen molar-refractivity contribution in [3.05, 3.63) is 139 Å². The van der Waals surface area contributed by atoms with E-state index in [-0.39, 0.29) is 5.41 Å². The van der Waals surface area contributed by atoms with E-state index in [0.29, 0.717) is 5.75 Å². The normalized spacial score (nSPS) is 11.9. The van der Waals surface area contributed by atoms with E-state index >= 15 is 0 Å². The number of aryl methyl sites for hydroxylation is 2. The predicted octanol–water partition coefficient (Wildman–Crippen LogP) is 10.3. The fourth-order valence-corrected chi connectivity index (χ4v) is 6.68. The molecule has 0 aliphatic carbocycles. The number of rotatable bonds is 5. The fourth-order valence-electron chi connectivity index (χ4n) is 6.68. The second kappa shape index (κ2) is 11.0. The molecule has 0 unspecified atom stereocenters. The molecule has 0 spiro atoms. The molecule has 0 aliphatic rings. The lowest BCUT2D eigenvalue weighted by atomic mass is 9.83. The SMILES string of the molecule is Cc1cc(C(C)(C)C)cc(C)c1-c1ccnc(-n2c3ccccc3c3ccc(Oc4ccnc(-n5cnc6ccccc65)c4)cc32)c1. The van der Waals surface area contributed by atoms with Crippen LogP contribution in [0, 0.1) is 13.8 Å². The van der Waals surface area contributed by atoms with E-state index in [1.54, 1.807) is 12.5 Å². The number of pyridine rings is 2. The highest BCUT2D eigenvalue weighted by Crippen LogP contribution is 2.37. The third kappa shape index (κ3) is 5.03. The average Bonchev–Trinajstić information content (AvgIpc) is 3.64. The molecule has 0 amide bonds. The van der Waals surface area contributed by atoms with Gasteiger partial charge in [0.05, 0.1) is 22.1 Å². The summed E-state index contributed by atoms with van der Waals surface area (Å²) < 4.78 is 10.7. The molecule has 8 aromatic rings. The van der Waals surface area contributed by atoms with E-state index < -0.39 is 0 Å². The summed E-state index contributed by atoms with van der Waals surface area (Å²) in [5, 5.41) is 2.31. The third-order valence-corrected chi connectivity index (χ3v) is 8.96. The van der Waals surface area contributed by atoms with Crippen LogP contribution in [0.2, 0.25) is 0 Å². The van der Waals surface area contributed by atoms with Gasteiger partial charge in [-0.1, -0.05) is 63.2 Å². The van der Waals surface area contributed by atoms with E-state index in [1.165, 1.54) is 27.6 Å². The largest absolute Gasteiger partial charge is 0.457 e. The zero-order valence-corrected chi connectivity index (χ0v) is 27.2. The van der Waals surface area contributed by atoms with Crippen LogP contribution in [0.25, 0.3) is 55.6 Å². The van der Waals surface area contributed by atoms with Crippen molar-refractivity contribution in [2.45, 2.75) is 40.0 Å². The Balaban J connectivity index is 1.22. The molecule has 6 nitrogen and oxygen atoms in total. The minimum absolute atomic E-state index is 0.0892. The molecular weight excluding hydrogens is 578 g/mol. The maximum atomic E-state index is 6.48. The highest BCUT2D eigenvalue weighted by molar-refractivity contribution is 6.09. The number of para-hydroxylation sites is 3. The summed E-state index contributed by atoms with van der Waals surface area (Å²) in [6.07, 6.45) is 5.48. The molecule has 0 atom stereocenters. The molecule has 0 bridgehead atoms.